The van der Waals surface area contributed by atoms with Gasteiger partial charge in [-0.2, -0.15) is 23.5 Å². The van der Waals surface area contributed by atoms with Crippen LogP contribution in [-0.4, -0.2) is 45.9 Å². The van der Waals surface area contributed by atoms with Crippen molar-refractivity contribution in [2.75, 3.05) is 31.3 Å². The fourth-order valence-corrected chi connectivity index (χ4v) is 4.47. The lowest BCUT2D eigenvalue weighted by Crippen LogP contribution is -2.32. The Morgan fingerprint density at radius 1 is 1.09 bits per heavy atom. The lowest BCUT2D eigenvalue weighted by atomic mass is 10.1. The number of ether oxygens (including phenoxy) is 2. The third kappa shape index (κ3) is 6.31. The molecule has 224 valence electrons. The second-order valence-electron chi connectivity index (χ2n) is 9.48. The van der Waals surface area contributed by atoms with Gasteiger partial charge in [-0.15, -0.1) is 0 Å². The highest BCUT2D eigenvalue weighted by Crippen LogP contribution is 2.36. The molecule has 0 atom stereocenters. The summed E-state index contributed by atoms with van der Waals surface area (Å²) in [6.45, 7) is 2.00. The summed E-state index contributed by atoms with van der Waals surface area (Å²) in [6.07, 6.45) is -3.41. The number of nitrogens with zero attached hydrogens (tertiary/aromatic N) is 5. The number of benzene rings is 2. The van der Waals surface area contributed by atoms with Crippen molar-refractivity contribution in [3.8, 4) is 40.1 Å². The van der Waals surface area contributed by atoms with E-state index in [1.165, 1.54) is 17.8 Å². The largest absolute Gasteiger partial charge is 0.493 e. The van der Waals surface area contributed by atoms with Crippen molar-refractivity contribution < 1.29 is 27.4 Å². The molecule has 11 nitrogen and oxygen atoms in total. The van der Waals surface area contributed by atoms with Crippen LogP contribution in [-0.2, 0) is 6.18 Å². The molecule has 5 rings (SSSR count). The van der Waals surface area contributed by atoms with Crippen molar-refractivity contribution in [2.45, 2.75) is 13.1 Å². The molecule has 0 fully saturated rings. The molecule has 2 aromatic carbocycles. The van der Waals surface area contributed by atoms with E-state index >= 15 is 0 Å². The lowest BCUT2D eigenvalue weighted by molar-refractivity contribution is -0.137. The zero-order chi connectivity index (χ0) is 31.4. The number of carbonyl (C=O) groups excluding carboxylic acids is 1. The second-order valence-corrected chi connectivity index (χ2v) is 9.48. The molecular formula is C30H25F3N8O3. The maximum Gasteiger partial charge on any atom is 0.419 e. The number of halogens is 3. The van der Waals surface area contributed by atoms with Crippen molar-refractivity contribution in [3.63, 3.8) is 0 Å². The van der Waals surface area contributed by atoms with Crippen molar-refractivity contribution in [1.29, 1.82) is 5.26 Å². The molecule has 0 aliphatic heterocycles. The number of nitrogens with two attached hydrogens (primary N) is 1. The molecule has 5 aromatic rings. The quantitative estimate of drug-likeness (QED) is 0.198. The van der Waals surface area contributed by atoms with Crippen molar-refractivity contribution in [1.82, 2.24) is 24.9 Å². The van der Waals surface area contributed by atoms with Gasteiger partial charge < -0.3 is 25.8 Å². The number of rotatable bonds is 8. The Labute approximate surface area is 249 Å². The van der Waals surface area contributed by atoms with E-state index in [1.807, 2.05) is 6.07 Å². The molecular weight excluding hydrogens is 577 g/mol. The molecule has 0 unspecified atom stereocenters. The van der Waals surface area contributed by atoms with Crippen LogP contribution in [0.15, 0.2) is 66.9 Å². The van der Waals surface area contributed by atoms with E-state index in [1.54, 1.807) is 61.5 Å². The Balaban J connectivity index is 1.31. The van der Waals surface area contributed by atoms with Gasteiger partial charge in [0.15, 0.2) is 17.1 Å². The number of alkyl halides is 3. The van der Waals surface area contributed by atoms with E-state index in [0.29, 0.717) is 51.0 Å². The minimum Gasteiger partial charge on any atom is -0.493 e. The van der Waals surface area contributed by atoms with Crippen molar-refractivity contribution >= 4 is 23.2 Å². The van der Waals surface area contributed by atoms with E-state index in [-0.39, 0.29) is 18.7 Å². The number of fused-ring (bicyclic) bond motifs is 1. The fourth-order valence-electron chi connectivity index (χ4n) is 4.47. The Morgan fingerprint density at radius 3 is 2.66 bits per heavy atom. The summed E-state index contributed by atoms with van der Waals surface area (Å²) in [7, 11) is 1.48. The van der Waals surface area contributed by atoms with Gasteiger partial charge in [-0.25, -0.2) is 19.3 Å². The van der Waals surface area contributed by atoms with Crippen LogP contribution < -0.4 is 25.8 Å². The molecule has 14 heteroatoms. The molecule has 3 heterocycles. The second kappa shape index (κ2) is 12.2. The number of nitrogens with one attached hydrogen (secondary N) is 2. The molecule has 0 aliphatic carbocycles. The van der Waals surface area contributed by atoms with E-state index in [2.05, 4.69) is 25.7 Å². The van der Waals surface area contributed by atoms with E-state index in [4.69, 9.17) is 20.5 Å². The third-order valence-corrected chi connectivity index (χ3v) is 6.50. The predicted molar refractivity (Wildman–Crippen MR) is 156 cm³/mol. The number of carbonyl (C=O) groups is 1. The number of amides is 2. The number of nitriles is 1. The summed E-state index contributed by atoms with van der Waals surface area (Å²) in [5.41, 5.74) is 7.93. The Hall–Kier alpha value is -5.84. The van der Waals surface area contributed by atoms with Crippen molar-refractivity contribution in [3.05, 3.63) is 83.7 Å². The number of aromatic nitrogens is 4. The molecule has 44 heavy (non-hydrogen) atoms. The van der Waals surface area contributed by atoms with Crippen LogP contribution in [0.25, 0.3) is 28.2 Å². The summed E-state index contributed by atoms with van der Waals surface area (Å²) in [5.74, 6) is 0.215. The van der Waals surface area contributed by atoms with E-state index in [9.17, 15) is 18.0 Å². The van der Waals surface area contributed by atoms with Gasteiger partial charge in [0.05, 0.1) is 47.9 Å². The van der Waals surface area contributed by atoms with Gasteiger partial charge in [-0.05, 0) is 61.5 Å². The zero-order valence-corrected chi connectivity index (χ0v) is 23.4. The van der Waals surface area contributed by atoms with Gasteiger partial charge in [0.25, 0.3) is 0 Å². The smallest absolute Gasteiger partial charge is 0.419 e. The number of methoxy groups -OCH3 is 1. The topological polar surface area (TPSA) is 152 Å². The molecule has 4 N–H and O–H groups in total. The number of imidazole rings is 1. The Kier molecular flexibility index (Phi) is 8.21. The van der Waals surface area contributed by atoms with Crippen LogP contribution in [0.5, 0.6) is 11.5 Å². The fraction of sp³-hybridized carbons (Fsp3) is 0.167. The standard InChI is InChI=1S/C30H25F3N8O3/c1-17-27(20-13-22(30(31,32)33)28(35)37-16-20)41-26(38-17)9-7-23(40-41)19-6-8-24(25(14-19)43-2)44-11-10-36-29(42)39-21-5-3-4-18(12-21)15-34/h3-9,12-14,16H,10-11H2,1-2H3,(H2,35,37)(H2,36,39,42). The van der Waals surface area contributed by atoms with Gasteiger partial charge in [-0.3, -0.25) is 0 Å². The predicted octanol–water partition coefficient (Wildman–Crippen LogP) is 5.45. The highest BCUT2D eigenvalue weighted by Gasteiger charge is 2.34. The van der Waals surface area contributed by atoms with Crippen LogP contribution in [0.4, 0.5) is 29.5 Å². The normalized spacial score (nSPS) is 11.2. The molecule has 3 aromatic heterocycles. The molecule has 0 saturated heterocycles. The van der Waals surface area contributed by atoms with E-state index in [0.717, 1.165) is 6.07 Å². The van der Waals surface area contributed by atoms with Crippen LogP contribution >= 0.6 is 0 Å². The van der Waals surface area contributed by atoms with Gasteiger partial charge in [-0.1, -0.05) is 6.07 Å². The first-order chi connectivity index (χ1) is 21.1. The minimum absolute atomic E-state index is 0.138. The molecule has 0 spiro atoms. The number of hydrogen-bond acceptors (Lipinski definition) is 8. The number of anilines is 2. The minimum atomic E-state index is -4.67. The summed E-state index contributed by atoms with van der Waals surface area (Å²) in [6, 6.07) is 17.6. The molecule has 2 amide bonds. The van der Waals surface area contributed by atoms with Crippen LogP contribution in [0.3, 0.4) is 0 Å². The summed E-state index contributed by atoms with van der Waals surface area (Å²) in [5, 5.41) is 19.0. The van der Waals surface area contributed by atoms with Gasteiger partial charge in [0.2, 0.25) is 0 Å². The third-order valence-electron chi connectivity index (χ3n) is 6.50. The number of nitrogen functional groups attached to an aromatic ring is 1. The number of hydrogen-bond donors (Lipinski definition) is 3. The maximum atomic E-state index is 13.5. The van der Waals surface area contributed by atoms with Crippen LogP contribution in [0.1, 0.15) is 16.8 Å². The Morgan fingerprint density at radius 2 is 1.91 bits per heavy atom. The molecule has 0 saturated carbocycles. The van der Waals surface area contributed by atoms with Crippen molar-refractivity contribution in [2.24, 2.45) is 0 Å². The van der Waals surface area contributed by atoms with E-state index < -0.39 is 23.6 Å². The number of urea groups is 1. The first kappa shape index (κ1) is 29.6. The zero-order valence-electron chi connectivity index (χ0n) is 23.4. The van der Waals surface area contributed by atoms with Gasteiger partial charge in [0, 0.05) is 23.0 Å². The molecule has 0 bridgehead atoms. The van der Waals surface area contributed by atoms with Crippen LogP contribution in [0.2, 0.25) is 0 Å². The highest BCUT2D eigenvalue weighted by atomic mass is 19.4. The monoisotopic (exact) mass is 602 g/mol. The highest BCUT2D eigenvalue weighted by molar-refractivity contribution is 5.89. The molecule has 0 aliphatic rings. The maximum absolute atomic E-state index is 13.5. The number of aryl methyl sites for hydroxylation is 1. The van der Waals surface area contributed by atoms with Gasteiger partial charge >= 0.3 is 12.2 Å². The lowest BCUT2D eigenvalue weighted by Gasteiger charge is -2.13. The SMILES string of the molecule is COc1cc(-c2ccc3nc(C)c(-c4cnc(N)c(C(F)(F)F)c4)n3n2)ccc1OCCNC(=O)Nc1cccc(C#N)c1. The van der Waals surface area contributed by atoms with Gasteiger partial charge in [0.1, 0.15) is 12.4 Å². The average molecular weight is 603 g/mol. The van der Waals surface area contributed by atoms with Crippen LogP contribution in [0, 0.1) is 18.3 Å². The Bertz CT molecular complexity index is 1900. The summed E-state index contributed by atoms with van der Waals surface area (Å²) < 4.78 is 53.3. The first-order valence-corrected chi connectivity index (χ1v) is 13.1. The number of pyridine rings is 1. The summed E-state index contributed by atoms with van der Waals surface area (Å²) >= 11 is 0. The average Bonchev–Trinajstić information content (AvgIpc) is 3.34. The first-order valence-electron chi connectivity index (χ1n) is 13.1. The molecule has 0 radical (unpaired) electrons. The summed E-state index contributed by atoms with van der Waals surface area (Å²) in [4.78, 5) is 20.4.